The predicted octanol–water partition coefficient (Wildman–Crippen LogP) is 4.22. The van der Waals surface area contributed by atoms with E-state index in [0.29, 0.717) is 31.0 Å². The summed E-state index contributed by atoms with van der Waals surface area (Å²) in [6.45, 7) is 3.37. The number of carbonyl (C=O) groups is 1. The van der Waals surface area contributed by atoms with Crippen LogP contribution in [0.15, 0.2) is 59.6 Å². The highest BCUT2D eigenvalue weighted by Crippen LogP contribution is 2.27. The molecule has 0 bridgehead atoms. The molecule has 0 spiro atoms. The normalized spacial score (nSPS) is 16.2. The zero-order chi connectivity index (χ0) is 22.7. The molecule has 4 rings (SSSR count). The summed E-state index contributed by atoms with van der Waals surface area (Å²) in [6, 6.07) is 12.5. The molecule has 1 aliphatic heterocycles. The molecule has 2 heterocycles. The zero-order valence-electron chi connectivity index (χ0n) is 18.1. The van der Waals surface area contributed by atoms with Crippen LogP contribution in [0.4, 0.5) is 4.39 Å². The monoisotopic (exact) mass is 457 g/mol. The van der Waals surface area contributed by atoms with Gasteiger partial charge in [-0.1, -0.05) is 25.5 Å². The standard InChI is InChI=1S/C24H28FN3O3S/c1-2-22(24(29)26-17-18-6-8-20(25)9-7-18)28-15-12-19-16-21(10-11-23(19)28)32(30,31)27-13-4-3-5-14-27/h6-12,15-16,22H,2-5,13-14,17H2,1H3,(H,26,29)/t22-/m0/s1. The molecular formula is C24H28FN3O3S. The Balaban J connectivity index is 1.54. The van der Waals surface area contributed by atoms with Gasteiger partial charge < -0.3 is 9.88 Å². The van der Waals surface area contributed by atoms with E-state index < -0.39 is 16.1 Å². The Morgan fingerprint density at radius 1 is 1.06 bits per heavy atom. The molecule has 1 atom stereocenters. The first-order valence-corrected chi connectivity index (χ1v) is 12.5. The van der Waals surface area contributed by atoms with Gasteiger partial charge in [0.25, 0.3) is 0 Å². The van der Waals surface area contributed by atoms with E-state index in [9.17, 15) is 17.6 Å². The van der Waals surface area contributed by atoms with Crippen molar-refractivity contribution in [3.63, 3.8) is 0 Å². The Morgan fingerprint density at radius 2 is 1.78 bits per heavy atom. The number of benzene rings is 2. The van der Waals surface area contributed by atoms with E-state index in [0.717, 1.165) is 35.7 Å². The number of halogens is 1. The second-order valence-corrected chi connectivity index (χ2v) is 10.1. The summed E-state index contributed by atoms with van der Waals surface area (Å²) >= 11 is 0. The summed E-state index contributed by atoms with van der Waals surface area (Å²) in [6.07, 6.45) is 5.25. The van der Waals surface area contributed by atoms with Crippen molar-refractivity contribution in [2.75, 3.05) is 13.1 Å². The van der Waals surface area contributed by atoms with E-state index in [4.69, 9.17) is 0 Å². The van der Waals surface area contributed by atoms with Crippen LogP contribution in [-0.4, -0.2) is 36.3 Å². The molecule has 0 saturated carbocycles. The summed E-state index contributed by atoms with van der Waals surface area (Å²) in [5.74, 6) is -0.452. The number of fused-ring (bicyclic) bond motifs is 1. The fraction of sp³-hybridized carbons (Fsp3) is 0.375. The van der Waals surface area contributed by atoms with Crippen molar-refractivity contribution in [1.82, 2.24) is 14.2 Å². The minimum absolute atomic E-state index is 0.140. The van der Waals surface area contributed by atoms with Gasteiger partial charge in [0.05, 0.1) is 4.90 Å². The second-order valence-electron chi connectivity index (χ2n) is 8.18. The summed E-state index contributed by atoms with van der Waals surface area (Å²) < 4.78 is 42.5. The van der Waals surface area contributed by atoms with Gasteiger partial charge in [-0.25, -0.2) is 12.8 Å². The molecule has 8 heteroatoms. The lowest BCUT2D eigenvalue weighted by molar-refractivity contribution is -0.124. The van der Waals surface area contributed by atoms with Crippen molar-refractivity contribution < 1.29 is 17.6 Å². The van der Waals surface area contributed by atoms with E-state index in [1.165, 1.54) is 12.1 Å². The van der Waals surface area contributed by atoms with Crippen molar-refractivity contribution in [2.24, 2.45) is 0 Å². The lowest BCUT2D eigenvalue weighted by atomic mass is 10.1. The number of nitrogens with one attached hydrogen (secondary N) is 1. The number of piperidine rings is 1. The highest BCUT2D eigenvalue weighted by Gasteiger charge is 2.27. The van der Waals surface area contributed by atoms with Crippen molar-refractivity contribution >= 4 is 26.8 Å². The number of rotatable bonds is 7. The van der Waals surface area contributed by atoms with Crippen LogP contribution in [0.5, 0.6) is 0 Å². The number of carbonyl (C=O) groups excluding carboxylic acids is 1. The molecule has 1 aromatic heterocycles. The smallest absolute Gasteiger partial charge is 0.243 e. The van der Waals surface area contributed by atoms with Crippen molar-refractivity contribution in [2.45, 2.75) is 50.1 Å². The average molecular weight is 458 g/mol. The van der Waals surface area contributed by atoms with Crippen LogP contribution in [0.1, 0.15) is 44.2 Å². The molecule has 32 heavy (non-hydrogen) atoms. The molecule has 170 valence electrons. The Kier molecular flexibility index (Phi) is 6.62. The maximum Gasteiger partial charge on any atom is 0.243 e. The number of hydrogen-bond acceptors (Lipinski definition) is 3. The van der Waals surface area contributed by atoms with Gasteiger partial charge in [0.15, 0.2) is 0 Å². The second kappa shape index (κ2) is 9.42. The van der Waals surface area contributed by atoms with E-state index >= 15 is 0 Å². The summed E-state index contributed by atoms with van der Waals surface area (Å²) in [4.78, 5) is 13.2. The zero-order valence-corrected chi connectivity index (χ0v) is 18.9. The molecule has 1 aliphatic rings. The van der Waals surface area contributed by atoms with Gasteiger partial charge in [-0.15, -0.1) is 0 Å². The van der Waals surface area contributed by atoms with Gasteiger partial charge in [0.2, 0.25) is 15.9 Å². The molecule has 1 amide bonds. The third-order valence-electron chi connectivity index (χ3n) is 6.05. The molecule has 0 aliphatic carbocycles. The fourth-order valence-corrected chi connectivity index (χ4v) is 5.80. The summed E-state index contributed by atoms with van der Waals surface area (Å²) in [7, 11) is -3.51. The van der Waals surface area contributed by atoms with Gasteiger partial charge in [-0.05, 0) is 61.2 Å². The fourth-order valence-electron chi connectivity index (χ4n) is 4.25. The molecule has 2 aromatic carbocycles. The molecular weight excluding hydrogens is 429 g/mol. The van der Waals surface area contributed by atoms with Crippen LogP contribution in [0, 0.1) is 5.82 Å². The maximum atomic E-state index is 13.1. The lowest BCUT2D eigenvalue weighted by Gasteiger charge is -2.26. The van der Waals surface area contributed by atoms with Crippen molar-refractivity contribution in [3.8, 4) is 0 Å². The third kappa shape index (κ3) is 4.56. The Hall–Kier alpha value is -2.71. The van der Waals surface area contributed by atoms with E-state index in [-0.39, 0.29) is 11.7 Å². The molecule has 3 aromatic rings. The van der Waals surface area contributed by atoms with E-state index in [2.05, 4.69) is 5.32 Å². The van der Waals surface area contributed by atoms with Gasteiger partial charge in [0.1, 0.15) is 11.9 Å². The molecule has 6 nitrogen and oxygen atoms in total. The minimum Gasteiger partial charge on any atom is -0.350 e. The quantitative estimate of drug-likeness (QED) is 0.577. The van der Waals surface area contributed by atoms with E-state index in [1.807, 2.05) is 23.8 Å². The van der Waals surface area contributed by atoms with Gasteiger partial charge in [-0.2, -0.15) is 4.31 Å². The molecule has 0 unspecified atom stereocenters. The van der Waals surface area contributed by atoms with Crippen molar-refractivity contribution in [1.29, 1.82) is 0 Å². The first-order valence-electron chi connectivity index (χ1n) is 11.0. The summed E-state index contributed by atoms with van der Waals surface area (Å²) in [5.41, 5.74) is 1.63. The highest BCUT2D eigenvalue weighted by atomic mass is 32.2. The minimum atomic E-state index is -3.51. The third-order valence-corrected chi connectivity index (χ3v) is 7.94. The van der Waals surface area contributed by atoms with Crippen LogP contribution in [0.3, 0.4) is 0 Å². The van der Waals surface area contributed by atoms with Crippen LogP contribution in [-0.2, 0) is 21.4 Å². The first kappa shape index (κ1) is 22.5. The van der Waals surface area contributed by atoms with Gasteiger partial charge in [-0.3, -0.25) is 4.79 Å². The van der Waals surface area contributed by atoms with Crippen molar-refractivity contribution in [3.05, 3.63) is 66.1 Å². The number of aromatic nitrogens is 1. The number of amides is 1. The van der Waals surface area contributed by atoms with Crippen LogP contribution in [0.2, 0.25) is 0 Å². The number of sulfonamides is 1. The van der Waals surface area contributed by atoms with E-state index in [1.54, 1.807) is 34.6 Å². The Bertz CT molecular complexity index is 1200. The van der Waals surface area contributed by atoms with Gasteiger partial charge >= 0.3 is 0 Å². The number of nitrogens with zero attached hydrogens (tertiary/aromatic N) is 2. The van der Waals surface area contributed by atoms with Gasteiger partial charge in [0, 0.05) is 36.7 Å². The topological polar surface area (TPSA) is 71.4 Å². The molecule has 1 saturated heterocycles. The molecule has 0 radical (unpaired) electrons. The molecule has 1 N–H and O–H groups in total. The Labute approximate surface area is 188 Å². The van der Waals surface area contributed by atoms with Crippen LogP contribution < -0.4 is 5.32 Å². The predicted molar refractivity (Wildman–Crippen MR) is 122 cm³/mol. The SMILES string of the molecule is CC[C@@H](C(=O)NCc1ccc(F)cc1)n1ccc2cc(S(=O)(=O)N3CCCCC3)ccc21. The Morgan fingerprint density at radius 3 is 2.47 bits per heavy atom. The van der Waals surface area contributed by atoms with Crippen LogP contribution in [0.25, 0.3) is 10.9 Å². The average Bonchev–Trinajstić information content (AvgIpc) is 3.23. The lowest BCUT2D eigenvalue weighted by Crippen LogP contribution is -2.35. The first-order chi connectivity index (χ1) is 15.4. The highest BCUT2D eigenvalue weighted by molar-refractivity contribution is 7.89. The maximum absolute atomic E-state index is 13.1. The van der Waals surface area contributed by atoms with Crippen LogP contribution >= 0.6 is 0 Å². The largest absolute Gasteiger partial charge is 0.350 e. The molecule has 1 fully saturated rings. The number of hydrogen-bond donors (Lipinski definition) is 1. The summed E-state index contributed by atoms with van der Waals surface area (Å²) in [5, 5.41) is 3.70.